The topological polar surface area (TPSA) is 48.7 Å². The summed E-state index contributed by atoms with van der Waals surface area (Å²) in [5.74, 6) is 6.98. The number of aryl methyl sites for hydroxylation is 1. The van der Waals surface area contributed by atoms with Crippen LogP contribution in [-0.2, 0) is 6.42 Å². The molecule has 0 fully saturated rings. The van der Waals surface area contributed by atoms with Gasteiger partial charge in [0.2, 0.25) is 0 Å². The van der Waals surface area contributed by atoms with Crippen molar-refractivity contribution in [1.29, 1.82) is 0 Å². The molecule has 2 heterocycles. The van der Waals surface area contributed by atoms with Crippen molar-refractivity contribution in [2.24, 2.45) is 0 Å². The van der Waals surface area contributed by atoms with Gasteiger partial charge in [0.25, 0.3) is 0 Å². The molecule has 2 aromatic carbocycles. The van der Waals surface area contributed by atoms with Gasteiger partial charge < -0.3 is 13.9 Å². The minimum absolute atomic E-state index is 0.133. The van der Waals surface area contributed by atoms with E-state index < -0.39 is 5.60 Å². The molecule has 0 bridgehead atoms. The lowest BCUT2D eigenvalue weighted by Gasteiger charge is -2.29. The summed E-state index contributed by atoms with van der Waals surface area (Å²) in [6, 6.07) is 9.10. The smallest absolute Gasteiger partial charge is 0.336 e. The van der Waals surface area contributed by atoms with Crippen LogP contribution in [0.15, 0.2) is 51.7 Å². The zero-order chi connectivity index (χ0) is 22.0. The molecule has 4 nitrogen and oxygen atoms in total. The summed E-state index contributed by atoms with van der Waals surface area (Å²) in [4.78, 5) is 12.1. The van der Waals surface area contributed by atoms with Crippen molar-refractivity contribution in [3.05, 3.63) is 75.4 Å². The summed E-state index contributed by atoms with van der Waals surface area (Å²) < 4.78 is 30.4. The van der Waals surface area contributed by atoms with Crippen molar-refractivity contribution < 1.29 is 18.3 Å². The van der Waals surface area contributed by atoms with Crippen LogP contribution in [0, 0.1) is 17.7 Å². The summed E-state index contributed by atoms with van der Waals surface area (Å²) in [5, 5.41) is 0.821. The lowest BCUT2D eigenvalue weighted by molar-refractivity contribution is 0.161. The standard InChI is InChI=1S/C26H23FO4/c1-4-6-18-16-23(28)30-22-15-17(7-5-14-29-20-10-8-19(27)9-11-20)21-12-13-26(2,3)31-25(21)24(18)22/h8-13,15-16H,4,6,14H2,1-3H3. The maximum atomic E-state index is 13.0. The molecule has 1 aromatic heterocycles. The third-order valence-corrected chi connectivity index (χ3v) is 4.99. The number of rotatable bonds is 4. The van der Waals surface area contributed by atoms with Gasteiger partial charge in [0.05, 0.1) is 5.39 Å². The van der Waals surface area contributed by atoms with Crippen molar-refractivity contribution >= 4 is 17.0 Å². The summed E-state index contributed by atoms with van der Waals surface area (Å²) in [5.41, 5.74) is 2.04. The molecule has 3 aromatic rings. The summed E-state index contributed by atoms with van der Waals surface area (Å²) >= 11 is 0. The van der Waals surface area contributed by atoms with Crippen LogP contribution < -0.4 is 15.1 Å². The second-order valence-corrected chi connectivity index (χ2v) is 7.96. The average Bonchev–Trinajstić information content (AvgIpc) is 2.71. The predicted octanol–water partition coefficient (Wildman–Crippen LogP) is 5.50. The lowest BCUT2D eigenvalue weighted by atomic mass is 9.94. The Morgan fingerprint density at radius 2 is 1.94 bits per heavy atom. The molecule has 4 rings (SSSR count). The molecule has 0 aliphatic carbocycles. The third-order valence-electron chi connectivity index (χ3n) is 4.99. The van der Waals surface area contributed by atoms with Gasteiger partial charge >= 0.3 is 5.63 Å². The summed E-state index contributed by atoms with van der Waals surface area (Å²) in [6.45, 7) is 6.16. The van der Waals surface area contributed by atoms with Gasteiger partial charge in [-0.2, -0.15) is 0 Å². The molecule has 0 saturated heterocycles. The number of ether oxygens (including phenoxy) is 2. The lowest BCUT2D eigenvalue weighted by Crippen LogP contribution is -2.28. The number of hydrogen-bond donors (Lipinski definition) is 0. The van der Waals surface area contributed by atoms with Gasteiger partial charge in [0, 0.05) is 17.2 Å². The van der Waals surface area contributed by atoms with Crippen LogP contribution in [0.25, 0.3) is 17.0 Å². The normalized spacial score (nSPS) is 13.8. The first-order valence-electron chi connectivity index (χ1n) is 10.3. The molecule has 31 heavy (non-hydrogen) atoms. The SMILES string of the molecule is CCCc1cc(=O)oc2cc(C#CCOc3ccc(F)cc3)c3c(c12)OC(C)(C)C=C3. The van der Waals surface area contributed by atoms with E-state index in [2.05, 4.69) is 18.8 Å². The minimum atomic E-state index is -0.489. The zero-order valence-corrected chi connectivity index (χ0v) is 17.8. The van der Waals surface area contributed by atoms with E-state index in [9.17, 15) is 9.18 Å². The van der Waals surface area contributed by atoms with E-state index >= 15 is 0 Å². The van der Waals surface area contributed by atoms with Crippen molar-refractivity contribution in [3.8, 4) is 23.3 Å². The van der Waals surface area contributed by atoms with E-state index in [1.165, 1.54) is 12.1 Å². The Morgan fingerprint density at radius 3 is 2.68 bits per heavy atom. The Hall–Kier alpha value is -3.52. The third kappa shape index (κ3) is 4.49. The Balaban J connectivity index is 1.76. The second kappa shape index (κ2) is 8.31. The number of fused-ring (bicyclic) bond motifs is 3. The second-order valence-electron chi connectivity index (χ2n) is 7.96. The van der Waals surface area contributed by atoms with Gasteiger partial charge in [0.15, 0.2) is 0 Å². The van der Waals surface area contributed by atoms with E-state index in [4.69, 9.17) is 13.9 Å². The molecule has 0 spiro atoms. The van der Waals surface area contributed by atoms with Crippen LogP contribution in [0.5, 0.6) is 11.5 Å². The molecule has 0 saturated carbocycles. The molecule has 5 heteroatoms. The first kappa shape index (κ1) is 20.7. The van der Waals surface area contributed by atoms with Gasteiger partial charge in [-0.1, -0.05) is 31.3 Å². The predicted molar refractivity (Wildman–Crippen MR) is 119 cm³/mol. The fourth-order valence-corrected chi connectivity index (χ4v) is 3.59. The molecular formula is C26H23FO4. The fraction of sp³-hybridized carbons (Fsp3) is 0.269. The zero-order valence-electron chi connectivity index (χ0n) is 17.8. The molecule has 0 radical (unpaired) electrons. The van der Waals surface area contributed by atoms with Gasteiger partial charge in [-0.05, 0) is 62.2 Å². The van der Waals surface area contributed by atoms with Crippen LogP contribution in [0.3, 0.4) is 0 Å². The van der Waals surface area contributed by atoms with Crippen molar-refractivity contribution in [1.82, 2.24) is 0 Å². The van der Waals surface area contributed by atoms with Crippen LogP contribution >= 0.6 is 0 Å². The van der Waals surface area contributed by atoms with Crippen LogP contribution in [0.1, 0.15) is 43.9 Å². The Bertz CT molecular complexity index is 1270. The number of benzene rings is 2. The Labute approximate surface area is 180 Å². The van der Waals surface area contributed by atoms with E-state index in [1.54, 1.807) is 24.3 Å². The largest absolute Gasteiger partial charge is 0.482 e. The first-order valence-corrected chi connectivity index (χ1v) is 10.3. The van der Waals surface area contributed by atoms with E-state index in [-0.39, 0.29) is 18.0 Å². The van der Waals surface area contributed by atoms with Crippen molar-refractivity contribution in [2.45, 2.75) is 39.2 Å². The van der Waals surface area contributed by atoms with E-state index in [1.807, 2.05) is 26.0 Å². The van der Waals surface area contributed by atoms with Gasteiger partial charge in [-0.25, -0.2) is 9.18 Å². The molecule has 0 N–H and O–H groups in total. The van der Waals surface area contributed by atoms with Crippen LogP contribution in [0.2, 0.25) is 0 Å². The maximum Gasteiger partial charge on any atom is 0.336 e. The molecule has 0 amide bonds. The quantitative estimate of drug-likeness (QED) is 0.415. The van der Waals surface area contributed by atoms with Crippen molar-refractivity contribution in [2.75, 3.05) is 6.61 Å². The summed E-state index contributed by atoms with van der Waals surface area (Å²) in [7, 11) is 0. The highest BCUT2D eigenvalue weighted by atomic mass is 19.1. The molecule has 0 unspecified atom stereocenters. The minimum Gasteiger partial charge on any atom is -0.482 e. The Morgan fingerprint density at radius 1 is 1.16 bits per heavy atom. The Kier molecular flexibility index (Phi) is 5.56. The molecule has 0 atom stereocenters. The van der Waals surface area contributed by atoms with Crippen LogP contribution in [-0.4, -0.2) is 12.2 Å². The van der Waals surface area contributed by atoms with Gasteiger partial charge in [-0.3, -0.25) is 0 Å². The van der Waals surface area contributed by atoms with E-state index in [0.717, 1.165) is 29.4 Å². The highest BCUT2D eigenvalue weighted by Gasteiger charge is 2.27. The van der Waals surface area contributed by atoms with Crippen molar-refractivity contribution in [3.63, 3.8) is 0 Å². The fourth-order valence-electron chi connectivity index (χ4n) is 3.59. The van der Waals surface area contributed by atoms with Gasteiger partial charge in [-0.15, -0.1) is 0 Å². The maximum absolute atomic E-state index is 13.0. The highest BCUT2D eigenvalue weighted by Crippen LogP contribution is 2.40. The molecule has 158 valence electrons. The first-order chi connectivity index (χ1) is 14.9. The van der Waals surface area contributed by atoms with E-state index in [0.29, 0.717) is 22.6 Å². The summed E-state index contributed by atoms with van der Waals surface area (Å²) in [6.07, 6.45) is 5.64. The highest BCUT2D eigenvalue weighted by molar-refractivity contribution is 5.93. The van der Waals surface area contributed by atoms with Gasteiger partial charge in [0.1, 0.15) is 35.1 Å². The monoisotopic (exact) mass is 418 g/mol. The van der Waals surface area contributed by atoms with Crippen LogP contribution in [0.4, 0.5) is 4.39 Å². The number of halogens is 1. The molecular weight excluding hydrogens is 395 g/mol. The average molecular weight is 418 g/mol. The molecule has 1 aliphatic heterocycles. The number of hydrogen-bond acceptors (Lipinski definition) is 4. The molecule has 1 aliphatic rings.